The van der Waals surface area contributed by atoms with Gasteiger partial charge in [0.2, 0.25) is 0 Å². The second-order valence-electron chi connectivity index (χ2n) is 4.66. The number of carboxylic acid groups (broad SMARTS) is 1. The maximum Gasteiger partial charge on any atom is 0.325 e. The van der Waals surface area contributed by atoms with Crippen molar-refractivity contribution in [1.82, 2.24) is 5.32 Å². The third kappa shape index (κ3) is 3.42. The molecule has 2 rings (SSSR count). The fourth-order valence-corrected chi connectivity index (χ4v) is 2.05. The lowest BCUT2D eigenvalue weighted by Gasteiger charge is -2.15. The Kier molecular flexibility index (Phi) is 4.48. The Labute approximate surface area is 117 Å². The highest BCUT2D eigenvalue weighted by Gasteiger charge is 2.19. The molecular formula is C16H16FNO2. The highest BCUT2D eigenvalue weighted by atomic mass is 19.1. The predicted molar refractivity (Wildman–Crippen MR) is 74.8 cm³/mol. The lowest BCUT2D eigenvalue weighted by Crippen LogP contribution is -2.28. The van der Waals surface area contributed by atoms with Crippen LogP contribution in [0.4, 0.5) is 4.39 Å². The number of rotatable bonds is 5. The van der Waals surface area contributed by atoms with E-state index >= 15 is 0 Å². The molecule has 1 unspecified atom stereocenters. The Balaban J connectivity index is 2.15. The van der Waals surface area contributed by atoms with Gasteiger partial charge < -0.3 is 5.11 Å². The van der Waals surface area contributed by atoms with E-state index in [2.05, 4.69) is 5.32 Å². The number of carbonyl (C=O) groups is 1. The van der Waals surface area contributed by atoms with Crippen LogP contribution in [-0.4, -0.2) is 11.1 Å². The van der Waals surface area contributed by atoms with Crippen LogP contribution in [0.3, 0.4) is 0 Å². The number of carboxylic acids is 1. The summed E-state index contributed by atoms with van der Waals surface area (Å²) in [6.45, 7) is 2.07. The second kappa shape index (κ2) is 6.30. The summed E-state index contributed by atoms with van der Waals surface area (Å²) < 4.78 is 13.5. The summed E-state index contributed by atoms with van der Waals surface area (Å²) >= 11 is 0. The fourth-order valence-electron chi connectivity index (χ4n) is 2.05. The molecule has 0 heterocycles. The molecule has 0 bridgehead atoms. The maximum atomic E-state index is 13.5. The molecule has 2 N–H and O–H groups in total. The van der Waals surface area contributed by atoms with E-state index in [-0.39, 0.29) is 12.4 Å². The molecule has 0 radical (unpaired) electrons. The van der Waals surface area contributed by atoms with Crippen LogP contribution >= 0.6 is 0 Å². The van der Waals surface area contributed by atoms with Crippen LogP contribution in [-0.2, 0) is 11.3 Å². The minimum atomic E-state index is -0.980. The molecule has 20 heavy (non-hydrogen) atoms. The van der Waals surface area contributed by atoms with E-state index in [9.17, 15) is 14.3 Å². The summed E-state index contributed by atoms with van der Waals surface area (Å²) in [6.07, 6.45) is 0. The number of hydrogen-bond donors (Lipinski definition) is 2. The standard InChI is InChI=1S/C16H16FNO2/c1-11-5-4-7-12(9-11)15(16(19)20)18-10-13-6-2-3-8-14(13)17/h2-9,15,18H,10H2,1H3,(H,19,20). The lowest BCUT2D eigenvalue weighted by molar-refractivity contribution is -0.139. The van der Waals surface area contributed by atoms with Gasteiger partial charge in [-0.15, -0.1) is 0 Å². The smallest absolute Gasteiger partial charge is 0.325 e. The van der Waals surface area contributed by atoms with Gasteiger partial charge in [-0.2, -0.15) is 0 Å². The van der Waals surface area contributed by atoms with Crippen molar-refractivity contribution in [2.75, 3.05) is 0 Å². The molecule has 4 heteroatoms. The average Bonchev–Trinajstić information content (AvgIpc) is 2.41. The van der Waals surface area contributed by atoms with E-state index in [1.807, 2.05) is 25.1 Å². The van der Waals surface area contributed by atoms with E-state index in [0.29, 0.717) is 11.1 Å². The molecule has 0 aliphatic rings. The topological polar surface area (TPSA) is 49.3 Å². The minimum absolute atomic E-state index is 0.164. The first-order valence-electron chi connectivity index (χ1n) is 6.34. The van der Waals surface area contributed by atoms with Crippen molar-refractivity contribution in [3.63, 3.8) is 0 Å². The van der Waals surface area contributed by atoms with Crippen LogP contribution in [0.15, 0.2) is 48.5 Å². The molecule has 1 atom stereocenters. The van der Waals surface area contributed by atoms with Crippen molar-refractivity contribution in [3.8, 4) is 0 Å². The van der Waals surface area contributed by atoms with Crippen LogP contribution in [0, 0.1) is 12.7 Å². The summed E-state index contributed by atoms with van der Waals surface area (Å²) in [6, 6.07) is 12.8. The van der Waals surface area contributed by atoms with Crippen LogP contribution in [0.1, 0.15) is 22.7 Å². The van der Waals surface area contributed by atoms with Crippen molar-refractivity contribution in [3.05, 3.63) is 71.0 Å². The van der Waals surface area contributed by atoms with E-state index < -0.39 is 12.0 Å². The Morgan fingerprint density at radius 3 is 2.65 bits per heavy atom. The van der Waals surface area contributed by atoms with Crippen molar-refractivity contribution < 1.29 is 14.3 Å². The van der Waals surface area contributed by atoms with Crippen LogP contribution in [0.25, 0.3) is 0 Å². The Morgan fingerprint density at radius 2 is 2.00 bits per heavy atom. The zero-order valence-electron chi connectivity index (χ0n) is 11.1. The van der Waals surface area contributed by atoms with Crippen molar-refractivity contribution in [2.45, 2.75) is 19.5 Å². The Bertz CT molecular complexity index is 613. The zero-order chi connectivity index (χ0) is 14.5. The van der Waals surface area contributed by atoms with Gasteiger partial charge in [0.25, 0.3) is 0 Å². The highest BCUT2D eigenvalue weighted by molar-refractivity contribution is 5.75. The van der Waals surface area contributed by atoms with Crippen molar-refractivity contribution in [2.24, 2.45) is 0 Å². The Morgan fingerprint density at radius 1 is 1.25 bits per heavy atom. The molecule has 0 fully saturated rings. The molecule has 3 nitrogen and oxygen atoms in total. The molecule has 0 aliphatic heterocycles. The fraction of sp³-hybridized carbons (Fsp3) is 0.188. The normalized spacial score (nSPS) is 12.1. The molecule has 104 valence electrons. The first-order valence-corrected chi connectivity index (χ1v) is 6.34. The summed E-state index contributed by atoms with van der Waals surface area (Å²) in [4.78, 5) is 11.4. The van der Waals surface area contributed by atoms with Gasteiger partial charge in [-0.25, -0.2) is 4.39 Å². The molecule has 0 spiro atoms. The first-order chi connectivity index (χ1) is 9.58. The molecule has 2 aromatic carbocycles. The van der Waals surface area contributed by atoms with Gasteiger partial charge in [0.1, 0.15) is 11.9 Å². The number of nitrogens with one attached hydrogen (secondary N) is 1. The SMILES string of the molecule is Cc1cccc(C(NCc2ccccc2F)C(=O)O)c1. The number of benzene rings is 2. The second-order valence-corrected chi connectivity index (χ2v) is 4.66. The van der Waals surface area contributed by atoms with E-state index in [0.717, 1.165) is 5.56 Å². The van der Waals surface area contributed by atoms with Crippen LogP contribution < -0.4 is 5.32 Å². The summed E-state index contributed by atoms with van der Waals surface area (Å²) in [5, 5.41) is 12.2. The zero-order valence-corrected chi connectivity index (χ0v) is 11.1. The molecule has 2 aromatic rings. The van der Waals surface area contributed by atoms with E-state index in [1.54, 1.807) is 24.3 Å². The van der Waals surface area contributed by atoms with Gasteiger partial charge >= 0.3 is 5.97 Å². The van der Waals surface area contributed by atoms with Crippen molar-refractivity contribution >= 4 is 5.97 Å². The third-order valence-electron chi connectivity index (χ3n) is 3.08. The van der Waals surface area contributed by atoms with Gasteiger partial charge in [0.05, 0.1) is 0 Å². The summed E-state index contributed by atoms with van der Waals surface area (Å²) in [5.74, 6) is -1.32. The monoisotopic (exact) mass is 273 g/mol. The molecule has 0 aliphatic carbocycles. The Hall–Kier alpha value is -2.20. The molecular weight excluding hydrogens is 257 g/mol. The van der Waals surface area contributed by atoms with Gasteiger partial charge in [0, 0.05) is 12.1 Å². The summed E-state index contributed by atoms with van der Waals surface area (Å²) in [5.41, 5.74) is 2.10. The number of aliphatic carboxylic acids is 1. The first kappa shape index (κ1) is 14.2. The van der Waals surface area contributed by atoms with Gasteiger partial charge in [-0.05, 0) is 18.6 Å². The number of aryl methyl sites for hydroxylation is 1. The largest absolute Gasteiger partial charge is 0.480 e. The van der Waals surface area contributed by atoms with Crippen LogP contribution in [0.2, 0.25) is 0 Å². The predicted octanol–water partition coefficient (Wildman–Crippen LogP) is 3.05. The van der Waals surface area contributed by atoms with E-state index in [4.69, 9.17) is 0 Å². The van der Waals surface area contributed by atoms with Gasteiger partial charge in [0.15, 0.2) is 0 Å². The van der Waals surface area contributed by atoms with Gasteiger partial charge in [-0.1, -0.05) is 48.0 Å². The van der Waals surface area contributed by atoms with Crippen molar-refractivity contribution in [1.29, 1.82) is 0 Å². The maximum absolute atomic E-state index is 13.5. The lowest BCUT2D eigenvalue weighted by atomic mass is 10.0. The minimum Gasteiger partial charge on any atom is -0.480 e. The molecule has 0 saturated carbocycles. The quantitative estimate of drug-likeness (QED) is 0.880. The molecule has 0 saturated heterocycles. The number of halogens is 1. The van der Waals surface area contributed by atoms with Crippen LogP contribution in [0.5, 0.6) is 0 Å². The third-order valence-corrected chi connectivity index (χ3v) is 3.08. The molecule has 0 amide bonds. The van der Waals surface area contributed by atoms with E-state index in [1.165, 1.54) is 6.07 Å². The highest BCUT2D eigenvalue weighted by Crippen LogP contribution is 2.16. The molecule has 0 aromatic heterocycles. The summed E-state index contributed by atoms with van der Waals surface area (Å²) in [7, 11) is 0. The average molecular weight is 273 g/mol. The number of hydrogen-bond acceptors (Lipinski definition) is 2. The van der Waals surface area contributed by atoms with Gasteiger partial charge in [-0.3, -0.25) is 10.1 Å².